The molecule has 2 N–H and O–H groups in total. The number of aromatic nitrogens is 4. The van der Waals surface area contributed by atoms with E-state index in [4.69, 9.17) is 5.73 Å². The van der Waals surface area contributed by atoms with Gasteiger partial charge in [-0.25, -0.2) is 14.6 Å². The van der Waals surface area contributed by atoms with Gasteiger partial charge in [-0.15, -0.1) is 0 Å². The fourth-order valence-corrected chi connectivity index (χ4v) is 2.27. The zero-order valence-corrected chi connectivity index (χ0v) is 11.7. The van der Waals surface area contributed by atoms with Crippen molar-refractivity contribution < 1.29 is 4.79 Å². The summed E-state index contributed by atoms with van der Waals surface area (Å²) in [5.74, 6) is 0.520. The van der Waals surface area contributed by atoms with Crippen LogP contribution in [-0.4, -0.2) is 25.5 Å². The Balaban J connectivity index is 1.95. The Hall–Kier alpha value is -2.76. The van der Waals surface area contributed by atoms with Crippen molar-refractivity contribution in [2.75, 3.05) is 5.73 Å². The second-order valence-electron chi connectivity index (χ2n) is 4.71. The molecular formula is C15H15N5O. The lowest BCUT2D eigenvalue weighted by atomic mass is 10.1. The van der Waals surface area contributed by atoms with Crippen molar-refractivity contribution in [3.05, 3.63) is 48.2 Å². The van der Waals surface area contributed by atoms with Gasteiger partial charge in [-0.2, -0.15) is 5.10 Å². The van der Waals surface area contributed by atoms with E-state index in [1.807, 2.05) is 31.2 Å². The van der Waals surface area contributed by atoms with E-state index in [1.54, 1.807) is 10.7 Å². The number of Topliss-reactive ketones (excluding diaryl/α,β-unsaturated/α-hetero) is 1. The molecule has 0 aliphatic carbocycles. The molecule has 0 unspecified atom stereocenters. The predicted octanol–water partition coefficient (Wildman–Crippen LogP) is 1.85. The van der Waals surface area contributed by atoms with Crippen LogP contribution in [0.5, 0.6) is 0 Å². The highest BCUT2D eigenvalue weighted by Crippen LogP contribution is 2.20. The maximum absolute atomic E-state index is 12.4. The van der Waals surface area contributed by atoms with Gasteiger partial charge in [0.1, 0.15) is 17.8 Å². The molecule has 21 heavy (non-hydrogen) atoms. The molecule has 0 saturated carbocycles. The number of carbonyl (C=O) groups is 1. The van der Waals surface area contributed by atoms with Gasteiger partial charge in [0.15, 0.2) is 5.78 Å². The van der Waals surface area contributed by atoms with Gasteiger partial charge in [-0.05, 0) is 19.1 Å². The second kappa shape index (κ2) is 5.32. The zero-order chi connectivity index (χ0) is 14.8. The van der Waals surface area contributed by atoms with Crippen molar-refractivity contribution in [2.24, 2.45) is 0 Å². The minimum absolute atomic E-state index is 0.116. The van der Waals surface area contributed by atoms with Crippen LogP contribution in [0.25, 0.3) is 10.9 Å². The molecule has 106 valence electrons. The minimum atomic E-state index is -0.116. The van der Waals surface area contributed by atoms with E-state index in [0.29, 0.717) is 23.8 Å². The summed E-state index contributed by atoms with van der Waals surface area (Å²) in [5, 5.41) is 4.91. The number of carbonyl (C=O) groups excluding carboxylic acids is 1. The number of pyridine rings is 1. The first-order valence-electron chi connectivity index (χ1n) is 6.74. The summed E-state index contributed by atoms with van der Waals surface area (Å²) in [7, 11) is 0. The van der Waals surface area contributed by atoms with Crippen molar-refractivity contribution in [1.29, 1.82) is 0 Å². The molecule has 0 amide bonds. The number of aryl methyl sites for hydroxylation is 1. The van der Waals surface area contributed by atoms with E-state index in [0.717, 1.165) is 10.9 Å². The highest BCUT2D eigenvalue weighted by Gasteiger charge is 2.14. The highest BCUT2D eigenvalue weighted by molar-refractivity contribution is 6.00. The molecule has 6 heteroatoms. The molecule has 3 rings (SSSR count). The Morgan fingerprint density at radius 1 is 1.33 bits per heavy atom. The van der Waals surface area contributed by atoms with Crippen LogP contribution in [0.1, 0.15) is 23.2 Å². The van der Waals surface area contributed by atoms with E-state index in [-0.39, 0.29) is 12.2 Å². The third-order valence-electron chi connectivity index (χ3n) is 3.35. The lowest BCUT2D eigenvalue weighted by Crippen LogP contribution is -2.12. The van der Waals surface area contributed by atoms with Gasteiger partial charge in [0, 0.05) is 17.6 Å². The molecule has 0 atom stereocenters. The molecule has 0 aliphatic rings. The van der Waals surface area contributed by atoms with Crippen LogP contribution in [0, 0.1) is 0 Å². The summed E-state index contributed by atoms with van der Waals surface area (Å²) in [5.41, 5.74) is 7.63. The smallest absolute Gasteiger partial charge is 0.188 e. The van der Waals surface area contributed by atoms with Gasteiger partial charge in [0.2, 0.25) is 0 Å². The number of para-hydroxylation sites is 1. The van der Waals surface area contributed by atoms with Crippen molar-refractivity contribution in [3.8, 4) is 0 Å². The summed E-state index contributed by atoms with van der Waals surface area (Å²) in [4.78, 5) is 20.9. The van der Waals surface area contributed by atoms with Crippen LogP contribution in [-0.2, 0) is 13.0 Å². The Kier molecular flexibility index (Phi) is 3.35. The van der Waals surface area contributed by atoms with E-state index in [9.17, 15) is 4.79 Å². The summed E-state index contributed by atoms with van der Waals surface area (Å²) in [6, 6.07) is 9.12. The van der Waals surface area contributed by atoms with Gasteiger partial charge in [-0.3, -0.25) is 4.79 Å². The first-order chi connectivity index (χ1) is 10.2. The van der Waals surface area contributed by atoms with Crippen molar-refractivity contribution in [2.45, 2.75) is 19.9 Å². The SMILES string of the molecule is CCn1ncnc1CC(=O)c1cc(N)c2ccccc2n1. The van der Waals surface area contributed by atoms with Gasteiger partial charge < -0.3 is 5.73 Å². The largest absolute Gasteiger partial charge is 0.398 e. The van der Waals surface area contributed by atoms with Crippen LogP contribution in [0.4, 0.5) is 5.69 Å². The normalized spacial score (nSPS) is 10.9. The third-order valence-corrected chi connectivity index (χ3v) is 3.35. The molecular weight excluding hydrogens is 266 g/mol. The predicted molar refractivity (Wildman–Crippen MR) is 79.9 cm³/mol. The lowest BCUT2D eigenvalue weighted by Gasteiger charge is -2.06. The average molecular weight is 281 g/mol. The Morgan fingerprint density at radius 2 is 2.14 bits per heavy atom. The average Bonchev–Trinajstić information content (AvgIpc) is 2.94. The summed E-state index contributed by atoms with van der Waals surface area (Å²) in [6.07, 6.45) is 1.62. The molecule has 6 nitrogen and oxygen atoms in total. The maximum atomic E-state index is 12.4. The Labute approximate surface area is 121 Å². The first-order valence-corrected chi connectivity index (χ1v) is 6.74. The van der Waals surface area contributed by atoms with E-state index < -0.39 is 0 Å². The number of fused-ring (bicyclic) bond motifs is 1. The molecule has 0 fully saturated rings. The monoisotopic (exact) mass is 281 g/mol. The fourth-order valence-electron chi connectivity index (χ4n) is 2.27. The molecule has 3 aromatic rings. The number of nitrogens with zero attached hydrogens (tertiary/aromatic N) is 4. The van der Waals surface area contributed by atoms with Gasteiger partial charge >= 0.3 is 0 Å². The number of hydrogen-bond donors (Lipinski definition) is 1. The summed E-state index contributed by atoms with van der Waals surface area (Å²) < 4.78 is 1.70. The summed E-state index contributed by atoms with van der Waals surface area (Å²) >= 11 is 0. The van der Waals surface area contributed by atoms with Crippen molar-refractivity contribution in [1.82, 2.24) is 19.7 Å². The number of rotatable bonds is 4. The molecule has 1 aromatic carbocycles. The number of anilines is 1. The first kappa shape index (κ1) is 13.2. The van der Waals surface area contributed by atoms with Gasteiger partial charge in [0.05, 0.1) is 11.9 Å². The van der Waals surface area contributed by atoms with Crippen LogP contribution < -0.4 is 5.73 Å². The number of nitrogen functional groups attached to an aromatic ring is 1. The molecule has 0 aliphatic heterocycles. The van der Waals surface area contributed by atoms with Crippen LogP contribution >= 0.6 is 0 Å². The van der Waals surface area contributed by atoms with E-state index in [1.165, 1.54) is 6.33 Å². The Bertz CT molecular complexity index is 809. The maximum Gasteiger partial charge on any atom is 0.188 e. The standard InChI is InChI=1S/C15H15N5O/c1-2-20-15(17-9-18-20)8-14(21)13-7-11(16)10-5-3-4-6-12(10)19-13/h3-7,9H,2,8H2,1H3,(H2,16,19). The van der Waals surface area contributed by atoms with E-state index in [2.05, 4.69) is 15.1 Å². The number of ketones is 1. The Morgan fingerprint density at radius 3 is 2.95 bits per heavy atom. The van der Waals surface area contributed by atoms with Crippen LogP contribution in [0.15, 0.2) is 36.7 Å². The molecule has 0 radical (unpaired) electrons. The third kappa shape index (κ3) is 2.47. The number of hydrogen-bond acceptors (Lipinski definition) is 5. The minimum Gasteiger partial charge on any atom is -0.398 e. The quantitative estimate of drug-likeness (QED) is 0.737. The topological polar surface area (TPSA) is 86.7 Å². The van der Waals surface area contributed by atoms with Crippen molar-refractivity contribution >= 4 is 22.4 Å². The van der Waals surface area contributed by atoms with Gasteiger partial charge in [0.25, 0.3) is 0 Å². The van der Waals surface area contributed by atoms with E-state index >= 15 is 0 Å². The fraction of sp³-hybridized carbons (Fsp3) is 0.200. The number of benzene rings is 1. The second-order valence-corrected chi connectivity index (χ2v) is 4.71. The zero-order valence-electron chi connectivity index (χ0n) is 11.7. The lowest BCUT2D eigenvalue weighted by molar-refractivity contribution is 0.0985. The summed E-state index contributed by atoms with van der Waals surface area (Å²) in [6.45, 7) is 2.63. The highest BCUT2D eigenvalue weighted by atomic mass is 16.1. The van der Waals surface area contributed by atoms with Crippen LogP contribution in [0.3, 0.4) is 0 Å². The molecule has 0 bridgehead atoms. The van der Waals surface area contributed by atoms with Crippen molar-refractivity contribution in [3.63, 3.8) is 0 Å². The molecule has 0 spiro atoms. The number of nitrogens with two attached hydrogens (primary N) is 1. The molecule has 2 aromatic heterocycles. The molecule has 2 heterocycles. The van der Waals surface area contributed by atoms with Crippen LogP contribution in [0.2, 0.25) is 0 Å². The van der Waals surface area contributed by atoms with Gasteiger partial charge in [-0.1, -0.05) is 18.2 Å². The molecule has 0 saturated heterocycles.